The topological polar surface area (TPSA) is 80.1 Å². The van der Waals surface area contributed by atoms with Gasteiger partial charge in [-0.25, -0.2) is 4.39 Å². The third kappa shape index (κ3) is 5.30. The number of hydrogen-bond acceptors (Lipinski definition) is 4. The maximum atomic E-state index is 15.0. The number of hydrogen-bond donors (Lipinski definition) is 1. The van der Waals surface area contributed by atoms with Gasteiger partial charge in [-0.15, -0.1) is 0 Å². The predicted octanol–water partition coefficient (Wildman–Crippen LogP) is 7.21. The van der Waals surface area contributed by atoms with Crippen LogP contribution in [0.25, 0.3) is 16.8 Å². The van der Waals surface area contributed by atoms with Crippen molar-refractivity contribution in [1.82, 2.24) is 19.7 Å². The Morgan fingerprint density at radius 2 is 1.88 bits per heavy atom. The largest absolute Gasteiger partial charge is 0.417 e. The van der Waals surface area contributed by atoms with Crippen molar-refractivity contribution in [2.24, 2.45) is 5.92 Å². The summed E-state index contributed by atoms with van der Waals surface area (Å²) in [6.45, 7) is 1.91. The van der Waals surface area contributed by atoms with Crippen molar-refractivity contribution in [3.63, 3.8) is 0 Å². The lowest BCUT2D eigenvalue weighted by Crippen LogP contribution is -2.38. The van der Waals surface area contributed by atoms with Crippen molar-refractivity contribution in [3.05, 3.63) is 70.4 Å². The summed E-state index contributed by atoms with van der Waals surface area (Å²) in [7, 11) is 0. The molecule has 2 atom stereocenters. The highest BCUT2D eigenvalue weighted by Gasteiger charge is 2.38. The van der Waals surface area contributed by atoms with Crippen LogP contribution in [0.3, 0.4) is 0 Å². The molecule has 3 aromatic rings. The molecule has 0 radical (unpaired) electrons. The lowest BCUT2D eigenvalue weighted by Gasteiger charge is -2.35. The van der Waals surface area contributed by atoms with Gasteiger partial charge in [-0.05, 0) is 61.9 Å². The number of carbonyl (C=O) groups excluding carboxylic acids is 2. The number of carbonyl (C=O) groups is 2. The number of alkyl halides is 3. The molecule has 12 heteroatoms. The summed E-state index contributed by atoms with van der Waals surface area (Å²) in [6, 6.07) is 5.05. The molecular formula is C30H28ClF4N5O2. The minimum absolute atomic E-state index is 0.000317. The van der Waals surface area contributed by atoms with E-state index in [1.54, 1.807) is 17.3 Å². The summed E-state index contributed by atoms with van der Waals surface area (Å²) in [5.74, 6) is -2.16. The maximum absolute atomic E-state index is 15.0. The van der Waals surface area contributed by atoms with E-state index in [4.69, 9.17) is 11.6 Å². The van der Waals surface area contributed by atoms with Gasteiger partial charge in [-0.2, -0.15) is 18.3 Å². The molecule has 42 heavy (non-hydrogen) atoms. The lowest BCUT2D eigenvalue weighted by molar-refractivity contribution is -0.138. The third-order valence-electron chi connectivity index (χ3n) is 8.20. The van der Waals surface area contributed by atoms with Crippen molar-refractivity contribution in [2.75, 3.05) is 11.9 Å². The van der Waals surface area contributed by atoms with Crippen molar-refractivity contribution in [3.8, 4) is 11.3 Å². The van der Waals surface area contributed by atoms with Crippen molar-refractivity contribution < 1.29 is 27.2 Å². The van der Waals surface area contributed by atoms with Gasteiger partial charge >= 0.3 is 6.18 Å². The maximum Gasteiger partial charge on any atom is 0.417 e. The van der Waals surface area contributed by atoms with Gasteiger partial charge in [0.05, 0.1) is 45.9 Å². The molecule has 1 aliphatic carbocycles. The number of nitrogens with one attached hydrogen (secondary N) is 1. The van der Waals surface area contributed by atoms with Gasteiger partial charge in [-0.3, -0.25) is 19.3 Å². The SMILES string of the molecule is C[C@@H]1CCC[C@H](N2CCC(c3c(C(F)(F)F)ccc(Cl)c3F)=CC2=O)c2cc(ccn2)-c2c(cnn2C2CC2)NC1=O. The average Bonchev–Trinajstić information content (AvgIpc) is 3.71. The number of pyridine rings is 1. The van der Waals surface area contributed by atoms with Crippen molar-refractivity contribution >= 4 is 34.7 Å². The van der Waals surface area contributed by atoms with Crippen molar-refractivity contribution in [1.29, 1.82) is 0 Å². The Hall–Kier alpha value is -3.73. The highest BCUT2D eigenvalue weighted by atomic mass is 35.5. The van der Waals surface area contributed by atoms with Crippen LogP contribution in [-0.2, 0) is 15.8 Å². The molecule has 2 bridgehead atoms. The second kappa shape index (κ2) is 10.8. The van der Waals surface area contributed by atoms with Gasteiger partial charge in [0, 0.05) is 35.9 Å². The van der Waals surface area contributed by atoms with Crippen LogP contribution in [0.2, 0.25) is 5.02 Å². The fourth-order valence-corrected chi connectivity index (χ4v) is 6.00. The zero-order valence-electron chi connectivity index (χ0n) is 22.7. The Labute approximate surface area is 244 Å². The molecule has 2 aromatic heterocycles. The molecule has 1 saturated carbocycles. The summed E-state index contributed by atoms with van der Waals surface area (Å²) >= 11 is 5.84. The number of halogens is 5. The van der Waals surface area contributed by atoms with E-state index >= 15 is 0 Å². The standard InChI is InChI=1S/C30H28ClF4N5O2/c1-16-3-2-4-24(22-13-18(9-11-36-22)28-23(38-29(16)42)15-37-40(28)19-5-6-19)39-12-10-17(14-25(39)41)26-20(30(33,34)35)7-8-21(31)27(26)32/h7-9,11,13-16,19,24H,2-6,10,12H2,1H3,(H,38,42)/t16-,24+/m1/s1. The first kappa shape index (κ1) is 28.4. The monoisotopic (exact) mass is 601 g/mol. The molecule has 2 amide bonds. The van der Waals surface area contributed by atoms with Gasteiger partial charge < -0.3 is 10.2 Å². The molecule has 3 aliphatic rings. The molecule has 220 valence electrons. The summed E-state index contributed by atoms with van der Waals surface area (Å²) in [4.78, 5) is 32.7. The smallest absolute Gasteiger partial charge is 0.330 e. The molecule has 0 unspecified atom stereocenters. The number of amides is 2. The molecule has 2 aliphatic heterocycles. The molecule has 0 spiro atoms. The second-order valence-electron chi connectivity index (χ2n) is 11.1. The Bertz CT molecular complexity index is 1600. The number of aromatic nitrogens is 3. The third-order valence-corrected chi connectivity index (χ3v) is 8.50. The van der Waals surface area contributed by atoms with Crippen LogP contribution in [0.5, 0.6) is 0 Å². The molecule has 1 N–H and O–H groups in total. The number of nitrogens with zero attached hydrogens (tertiary/aromatic N) is 4. The van der Waals surface area contributed by atoms with Crippen LogP contribution in [-0.4, -0.2) is 38.0 Å². The summed E-state index contributed by atoms with van der Waals surface area (Å²) < 4.78 is 58.2. The Morgan fingerprint density at radius 1 is 1.10 bits per heavy atom. The van der Waals surface area contributed by atoms with Gasteiger partial charge in [0.15, 0.2) is 0 Å². The molecular weight excluding hydrogens is 574 g/mol. The second-order valence-corrected chi connectivity index (χ2v) is 11.5. The normalized spacial score (nSPS) is 21.7. The Morgan fingerprint density at radius 3 is 2.60 bits per heavy atom. The Balaban J connectivity index is 1.39. The first-order valence-electron chi connectivity index (χ1n) is 13.9. The van der Waals surface area contributed by atoms with Gasteiger partial charge in [0.25, 0.3) is 0 Å². The van der Waals surface area contributed by atoms with E-state index in [0.717, 1.165) is 42.3 Å². The highest BCUT2D eigenvalue weighted by molar-refractivity contribution is 6.31. The van der Waals surface area contributed by atoms with Crippen LogP contribution in [0, 0.1) is 11.7 Å². The van der Waals surface area contributed by atoms with E-state index in [0.29, 0.717) is 30.6 Å². The van der Waals surface area contributed by atoms with E-state index in [-0.39, 0.29) is 36.4 Å². The number of fused-ring (bicyclic) bond motifs is 4. The van der Waals surface area contributed by atoms with Gasteiger partial charge in [0.2, 0.25) is 11.8 Å². The Kier molecular flexibility index (Phi) is 7.32. The van der Waals surface area contributed by atoms with E-state index < -0.39 is 40.1 Å². The van der Waals surface area contributed by atoms with Crippen LogP contribution in [0.15, 0.2) is 42.7 Å². The van der Waals surface area contributed by atoms with Crippen molar-refractivity contribution in [2.45, 2.75) is 63.7 Å². The number of benzene rings is 1. The zero-order chi connectivity index (χ0) is 29.8. The van der Waals surface area contributed by atoms with Crippen LogP contribution in [0.4, 0.5) is 23.2 Å². The van der Waals surface area contributed by atoms with Crippen LogP contribution < -0.4 is 5.32 Å². The van der Waals surface area contributed by atoms with E-state index in [9.17, 15) is 27.2 Å². The van der Waals surface area contributed by atoms with E-state index in [1.165, 1.54) is 0 Å². The quantitative estimate of drug-likeness (QED) is 0.322. The molecule has 1 fully saturated rings. The first-order chi connectivity index (χ1) is 20.0. The highest BCUT2D eigenvalue weighted by Crippen LogP contribution is 2.43. The molecule has 0 saturated heterocycles. The molecule has 4 heterocycles. The number of rotatable bonds is 3. The molecule has 6 rings (SSSR count). The van der Waals surface area contributed by atoms with Gasteiger partial charge in [-0.1, -0.05) is 24.9 Å². The van der Waals surface area contributed by atoms with E-state index in [1.807, 2.05) is 23.7 Å². The number of anilines is 1. The fourth-order valence-electron chi connectivity index (χ4n) is 5.85. The molecule has 1 aromatic carbocycles. The van der Waals surface area contributed by atoms with E-state index in [2.05, 4.69) is 15.4 Å². The minimum Gasteiger partial charge on any atom is -0.330 e. The van der Waals surface area contributed by atoms with Crippen LogP contribution in [0.1, 0.15) is 74.4 Å². The lowest BCUT2D eigenvalue weighted by atomic mass is 9.91. The first-order valence-corrected chi connectivity index (χ1v) is 14.3. The van der Waals surface area contributed by atoms with Gasteiger partial charge in [0.1, 0.15) is 5.82 Å². The predicted molar refractivity (Wildman–Crippen MR) is 149 cm³/mol. The summed E-state index contributed by atoms with van der Waals surface area (Å²) in [6.07, 6.45) is 3.16. The minimum atomic E-state index is -4.82. The summed E-state index contributed by atoms with van der Waals surface area (Å²) in [5.41, 5.74) is 0.867. The molecule has 7 nitrogen and oxygen atoms in total. The average molecular weight is 602 g/mol. The van der Waals surface area contributed by atoms with Crippen LogP contribution >= 0.6 is 11.6 Å². The fraction of sp³-hybridized carbons (Fsp3) is 0.400. The summed E-state index contributed by atoms with van der Waals surface area (Å²) in [5, 5.41) is 7.13. The zero-order valence-corrected chi connectivity index (χ0v) is 23.5.